The smallest absolute Gasteiger partial charge is 0.293 e. The molecule has 0 radical (unpaired) electrons. The van der Waals surface area contributed by atoms with E-state index in [1.165, 1.54) is 6.42 Å². The van der Waals surface area contributed by atoms with Crippen molar-refractivity contribution < 1.29 is 19.7 Å². The van der Waals surface area contributed by atoms with E-state index in [9.17, 15) is 15.0 Å². The molecule has 4 heteroatoms. The maximum Gasteiger partial charge on any atom is 0.293 e. The van der Waals surface area contributed by atoms with Crippen LogP contribution in [0.5, 0.6) is 0 Å². The van der Waals surface area contributed by atoms with Gasteiger partial charge in [-0.3, -0.25) is 4.79 Å². The van der Waals surface area contributed by atoms with Gasteiger partial charge in [0.2, 0.25) is 0 Å². The molecule has 0 amide bonds. The molecular formula is C20H40O4. The highest BCUT2D eigenvalue weighted by atomic mass is 16.5. The minimum absolute atomic E-state index is 0.315. The zero-order valence-electron chi connectivity index (χ0n) is 17.1. The predicted molar refractivity (Wildman–Crippen MR) is 98.8 cm³/mol. The fourth-order valence-corrected chi connectivity index (χ4v) is 4.07. The molecule has 2 saturated carbocycles. The van der Waals surface area contributed by atoms with Gasteiger partial charge in [-0.1, -0.05) is 54.9 Å². The van der Waals surface area contributed by atoms with Gasteiger partial charge in [0.1, 0.15) is 5.60 Å². The summed E-state index contributed by atoms with van der Waals surface area (Å²) < 4.78 is 5.21. The van der Waals surface area contributed by atoms with Crippen molar-refractivity contribution in [3.63, 3.8) is 0 Å². The van der Waals surface area contributed by atoms with Crippen LogP contribution in [-0.2, 0) is 9.53 Å². The number of carbonyl (C=O) groups excluding carboxylic acids is 1. The quantitative estimate of drug-likeness (QED) is 0.726. The van der Waals surface area contributed by atoms with Crippen molar-refractivity contribution >= 4 is 6.47 Å². The molecule has 0 saturated heterocycles. The third-order valence-electron chi connectivity index (χ3n) is 4.87. The second-order valence-electron chi connectivity index (χ2n) is 9.08. The lowest BCUT2D eigenvalue weighted by molar-refractivity contribution is -0.216. The van der Waals surface area contributed by atoms with E-state index in [0.29, 0.717) is 43.5 Å². The molecule has 2 fully saturated rings. The number of hydrogen-bond donors (Lipinski definition) is 2. The van der Waals surface area contributed by atoms with Gasteiger partial charge in [-0.25, -0.2) is 0 Å². The maximum absolute atomic E-state index is 10.6. The Balaban J connectivity index is 0.000000563. The van der Waals surface area contributed by atoms with Crippen molar-refractivity contribution in [3.8, 4) is 0 Å². The Morgan fingerprint density at radius 1 is 1.12 bits per heavy atom. The molecule has 2 N–H and O–H groups in total. The van der Waals surface area contributed by atoms with E-state index >= 15 is 0 Å². The largest absolute Gasteiger partial charge is 0.461 e. The first-order valence-corrected chi connectivity index (χ1v) is 9.41. The average molecular weight is 345 g/mol. The minimum Gasteiger partial charge on any atom is -0.461 e. The van der Waals surface area contributed by atoms with Gasteiger partial charge in [0, 0.05) is 19.3 Å². The molecular weight excluding hydrogens is 304 g/mol. The van der Waals surface area contributed by atoms with Crippen molar-refractivity contribution in [1.29, 1.82) is 0 Å². The molecule has 0 aromatic carbocycles. The van der Waals surface area contributed by atoms with Gasteiger partial charge in [0.05, 0.1) is 11.2 Å². The van der Waals surface area contributed by atoms with Crippen LogP contribution in [-0.4, -0.2) is 33.5 Å². The van der Waals surface area contributed by atoms with Crippen molar-refractivity contribution in [1.82, 2.24) is 0 Å². The highest BCUT2D eigenvalue weighted by molar-refractivity contribution is 5.39. The molecule has 144 valence electrons. The van der Waals surface area contributed by atoms with Crippen LogP contribution in [0.4, 0.5) is 0 Å². The SMILES string of the molecule is CC.CC1CC2(O)CC(C)(O)CC(OC=O)(C1)C2.CCC(C)(C)C. The van der Waals surface area contributed by atoms with Gasteiger partial charge in [-0.15, -0.1) is 0 Å². The number of hydrogen-bond acceptors (Lipinski definition) is 4. The summed E-state index contributed by atoms with van der Waals surface area (Å²) in [5.41, 5.74) is -1.96. The standard InChI is InChI=1S/C12H20O4.C6H14.C2H6/c1-9-3-11(15)5-10(2,14)6-12(4-9,7-11)16-8-13;1-5-6(2,3)4;1-2/h8-9,14-15H,3-7H2,1-2H3;5H2,1-4H3;1-2H3. The summed E-state index contributed by atoms with van der Waals surface area (Å²) in [6.07, 6.45) is 3.92. The van der Waals surface area contributed by atoms with Gasteiger partial charge in [0.25, 0.3) is 6.47 Å². The van der Waals surface area contributed by atoms with Gasteiger partial charge in [-0.05, 0) is 31.1 Å². The number of fused-ring (bicyclic) bond motifs is 2. The summed E-state index contributed by atoms with van der Waals surface area (Å²) in [6.45, 7) is 17.1. The van der Waals surface area contributed by atoms with Gasteiger partial charge in [-0.2, -0.15) is 0 Å². The number of aliphatic hydroxyl groups is 2. The average Bonchev–Trinajstić information content (AvgIpc) is 2.36. The van der Waals surface area contributed by atoms with E-state index in [4.69, 9.17) is 4.74 Å². The summed E-state index contributed by atoms with van der Waals surface area (Å²) in [5, 5.41) is 20.6. The van der Waals surface area contributed by atoms with E-state index in [-0.39, 0.29) is 0 Å². The topological polar surface area (TPSA) is 66.8 Å². The highest BCUT2D eigenvalue weighted by Crippen LogP contribution is 2.52. The molecule has 4 unspecified atom stereocenters. The molecule has 0 heterocycles. The van der Waals surface area contributed by atoms with E-state index in [1.807, 2.05) is 20.8 Å². The Labute approximate surface area is 149 Å². The fraction of sp³-hybridized carbons (Fsp3) is 0.950. The summed E-state index contributed by atoms with van der Waals surface area (Å²) in [7, 11) is 0. The van der Waals surface area contributed by atoms with Crippen LogP contribution in [0, 0.1) is 11.3 Å². The van der Waals surface area contributed by atoms with Crippen LogP contribution < -0.4 is 0 Å². The molecule has 0 spiro atoms. The summed E-state index contributed by atoms with van der Waals surface area (Å²) in [4.78, 5) is 10.6. The highest BCUT2D eigenvalue weighted by Gasteiger charge is 2.57. The van der Waals surface area contributed by atoms with Crippen molar-refractivity contribution in [2.24, 2.45) is 11.3 Å². The van der Waals surface area contributed by atoms with Crippen LogP contribution in [0.15, 0.2) is 0 Å². The van der Waals surface area contributed by atoms with E-state index in [1.54, 1.807) is 6.92 Å². The lowest BCUT2D eigenvalue weighted by Crippen LogP contribution is -2.60. The second-order valence-corrected chi connectivity index (χ2v) is 9.08. The predicted octanol–water partition coefficient (Wildman–Crippen LogP) is 4.46. The van der Waals surface area contributed by atoms with Gasteiger partial charge >= 0.3 is 0 Å². The van der Waals surface area contributed by atoms with Crippen LogP contribution in [0.2, 0.25) is 0 Å². The zero-order valence-corrected chi connectivity index (χ0v) is 17.1. The number of ether oxygens (including phenoxy) is 1. The number of carbonyl (C=O) groups is 1. The van der Waals surface area contributed by atoms with E-state index < -0.39 is 16.8 Å². The fourth-order valence-electron chi connectivity index (χ4n) is 4.07. The van der Waals surface area contributed by atoms with Crippen LogP contribution in [0.1, 0.15) is 93.9 Å². The third-order valence-corrected chi connectivity index (χ3v) is 4.87. The van der Waals surface area contributed by atoms with E-state index in [2.05, 4.69) is 27.7 Å². The number of rotatable bonds is 2. The zero-order chi connectivity index (χ0) is 19.2. The molecule has 2 aliphatic carbocycles. The Morgan fingerprint density at radius 3 is 2.04 bits per heavy atom. The first-order chi connectivity index (χ1) is 10.8. The summed E-state index contributed by atoms with van der Waals surface area (Å²) in [5.74, 6) is 0.315. The molecule has 2 rings (SSSR count). The molecule has 24 heavy (non-hydrogen) atoms. The van der Waals surface area contributed by atoms with E-state index in [0.717, 1.165) is 6.42 Å². The molecule has 0 aromatic rings. The Morgan fingerprint density at radius 2 is 1.62 bits per heavy atom. The Hall–Kier alpha value is -0.610. The van der Waals surface area contributed by atoms with Crippen molar-refractivity contribution in [3.05, 3.63) is 0 Å². The molecule has 4 nitrogen and oxygen atoms in total. The summed E-state index contributed by atoms with van der Waals surface area (Å²) in [6, 6.07) is 0. The molecule has 4 atom stereocenters. The third kappa shape index (κ3) is 7.52. The molecule has 2 aliphatic rings. The van der Waals surface area contributed by atoms with Crippen LogP contribution in [0.25, 0.3) is 0 Å². The lowest BCUT2D eigenvalue weighted by atomic mass is 9.59. The maximum atomic E-state index is 10.6. The van der Waals surface area contributed by atoms with Crippen LogP contribution >= 0.6 is 0 Å². The van der Waals surface area contributed by atoms with Gasteiger partial charge < -0.3 is 14.9 Å². The Bertz CT molecular complexity index is 382. The van der Waals surface area contributed by atoms with Crippen LogP contribution in [0.3, 0.4) is 0 Å². The minimum atomic E-state index is -0.948. The Kier molecular flexibility index (Phi) is 8.44. The molecule has 0 aliphatic heterocycles. The van der Waals surface area contributed by atoms with Crippen molar-refractivity contribution in [2.45, 2.75) is 111 Å². The molecule has 2 bridgehead atoms. The first-order valence-electron chi connectivity index (χ1n) is 9.41. The first kappa shape index (κ1) is 23.4. The van der Waals surface area contributed by atoms with Crippen molar-refractivity contribution in [2.75, 3.05) is 0 Å². The molecule has 0 aromatic heterocycles. The second kappa shape index (κ2) is 8.66. The lowest BCUT2D eigenvalue weighted by Gasteiger charge is -2.55. The summed E-state index contributed by atoms with van der Waals surface area (Å²) >= 11 is 0. The normalized spacial score (nSPS) is 38.0. The van der Waals surface area contributed by atoms with Gasteiger partial charge in [0.15, 0.2) is 0 Å². The monoisotopic (exact) mass is 344 g/mol.